The first-order valence-electron chi connectivity index (χ1n) is 10.6. The molecule has 0 spiro atoms. The Kier molecular flexibility index (Phi) is 4.37. The van der Waals surface area contributed by atoms with Gasteiger partial charge in [0.05, 0.1) is 0 Å². The Morgan fingerprint density at radius 2 is 1.67 bits per heavy atom. The van der Waals surface area contributed by atoms with Gasteiger partial charge >= 0.3 is 0 Å². The number of rotatable bonds is 6. The van der Waals surface area contributed by atoms with E-state index in [1.54, 1.807) is 0 Å². The SMILES string of the molecule is NC1=NC(N)(c2ccc3c(c2)CC[C@@H](N(CC2CC2)CC2CC2)CC3)NN1. The molecule has 1 heterocycles. The van der Waals surface area contributed by atoms with Crippen LogP contribution in [-0.4, -0.2) is 30.0 Å². The van der Waals surface area contributed by atoms with Crippen LogP contribution in [0.1, 0.15) is 55.2 Å². The molecular formula is C21H32N6. The molecule has 4 aliphatic rings. The molecule has 5 rings (SSSR count). The fourth-order valence-electron chi connectivity index (χ4n) is 4.67. The van der Waals surface area contributed by atoms with E-state index in [9.17, 15) is 0 Å². The fraction of sp³-hybridized carbons (Fsp3) is 0.667. The average Bonchev–Trinajstić information content (AvgIpc) is 3.55. The smallest absolute Gasteiger partial charge is 0.209 e. The zero-order valence-corrected chi connectivity index (χ0v) is 16.1. The van der Waals surface area contributed by atoms with Crippen LogP contribution in [0.25, 0.3) is 0 Å². The number of nitrogens with one attached hydrogen (secondary N) is 2. The number of aryl methyl sites for hydroxylation is 2. The maximum Gasteiger partial charge on any atom is 0.209 e. The molecule has 6 N–H and O–H groups in total. The van der Waals surface area contributed by atoms with Gasteiger partial charge in [-0.15, -0.1) is 0 Å². The van der Waals surface area contributed by atoms with E-state index in [2.05, 4.69) is 38.9 Å². The Morgan fingerprint density at radius 3 is 2.26 bits per heavy atom. The first-order valence-corrected chi connectivity index (χ1v) is 10.6. The number of nitrogens with zero attached hydrogens (tertiary/aromatic N) is 2. The number of fused-ring (bicyclic) bond motifs is 1. The van der Waals surface area contributed by atoms with Gasteiger partial charge in [0, 0.05) is 24.7 Å². The Hall–Kier alpha value is -1.63. The predicted molar refractivity (Wildman–Crippen MR) is 108 cm³/mol. The van der Waals surface area contributed by atoms with E-state index in [-0.39, 0.29) is 0 Å². The van der Waals surface area contributed by atoms with E-state index < -0.39 is 5.79 Å². The molecule has 1 unspecified atom stereocenters. The predicted octanol–water partition coefficient (Wildman–Crippen LogP) is 1.55. The number of benzene rings is 1. The normalized spacial score (nSPS) is 30.6. The third kappa shape index (κ3) is 3.84. The summed E-state index contributed by atoms with van der Waals surface area (Å²) in [6, 6.07) is 7.32. The van der Waals surface area contributed by atoms with Crippen LogP contribution in [0.15, 0.2) is 23.2 Å². The first-order chi connectivity index (χ1) is 13.1. The average molecular weight is 369 g/mol. The zero-order chi connectivity index (χ0) is 18.4. The minimum atomic E-state index is -0.963. The van der Waals surface area contributed by atoms with E-state index >= 15 is 0 Å². The largest absolute Gasteiger partial charge is 0.369 e. The minimum absolute atomic E-state index is 0.336. The molecule has 27 heavy (non-hydrogen) atoms. The van der Waals surface area contributed by atoms with Crippen LogP contribution in [0.2, 0.25) is 0 Å². The summed E-state index contributed by atoms with van der Waals surface area (Å²) in [5, 5.41) is 0. The quantitative estimate of drug-likeness (QED) is 0.572. The van der Waals surface area contributed by atoms with Crippen molar-refractivity contribution in [2.75, 3.05) is 13.1 Å². The Balaban J connectivity index is 1.31. The number of guanidine groups is 1. The molecule has 146 valence electrons. The topological polar surface area (TPSA) is 91.7 Å². The summed E-state index contributed by atoms with van der Waals surface area (Å²) in [7, 11) is 0. The number of aliphatic imine (C=N–C) groups is 1. The summed E-state index contributed by atoms with van der Waals surface area (Å²) < 4.78 is 0. The lowest BCUT2D eigenvalue weighted by atomic mass is 9.97. The van der Waals surface area contributed by atoms with E-state index in [0.29, 0.717) is 5.96 Å². The minimum Gasteiger partial charge on any atom is -0.369 e. The number of hydrazine groups is 1. The van der Waals surface area contributed by atoms with Gasteiger partial charge in [-0.05, 0) is 74.3 Å². The third-order valence-electron chi connectivity index (χ3n) is 6.71. The molecule has 2 atom stereocenters. The van der Waals surface area contributed by atoms with Gasteiger partial charge in [0.15, 0.2) is 0 Å². The second-order valence-electron chi connectivity index (χ2n) is 9.07. The molecule has 2 fully saturated rings. The van der Waals surface area contributed by atoms with Gasteiger partial charge in [0.2, 0.25) is 11.7 Å². The van der Waals surface area contributed by atoms with Crippen molar-refractivity contribution < 1.29 is 0 Å². The highest BCUT2D eigenvalue weighted by atomic mass is 15.6. The molecule has 6 nitrogen and oxygen atoms in total. The molecule has 3 aliphatic carbocycles. The highest BCUT2D eigenvalue weighted by Crippen LogP contribution is 2.36. The van der Waals surface area contributed by atoms with Gasteiger partial charge in [0.1, 0.15) is 0 Å². The summed E-state index contributed by atoms with van der Waals surface area (Å²) in [5.74, 6) is 1.32. The zero-order valence-electron chi connectivity index (χ0n) is 16.1. The van der Waals surface area contributed by atoms with Crippen molar-refractivity contribution in [3.63, 3.8) is 0 Å². The molecule has 6 heteroatoms. The molecule has 0 saturated heterocycles. The van der Waals surface area contributed by atoms with Gasteiger partial charge in [-0.2, -0.15) is 5.43 Å². The highest BCUT2D eigenvalue weighted by molar-refractivity contribution is 5.79. The molecule has 0 amide bonds. The van der Waals surface area contributed by atoms with Gasteiger partial charge in [0.25, 0.3) is 0 Å². The van der Waals surface area contributed by atoms with Crippen molar-refractivity contribution in [2.24, 2.45) is 28.3 Å². The molecule has 1 aromatic rings. The van der Waals surface area contributed by atoms with Crippen LogP contribution in [0.5, 0.6) is 0 Å². The highest BCUT2D eigenvalue weighted by Gasteiger charge is 2.34. The summed E-state index contributed by atoms with van der Waals surface area (Å²) in [4.78, 5) is 7.17. The van der Waals surface area contributed by atoms with Crippen LogP contribution in [-0.2, 0) is 18.6 Å². The van der Waals surface area contributed by atoms with Crippen LogP contribution in [0.4, 0.5) is 0 Å². The summed E-state index contributed by atoms with van der Waals surface area (Å²) in [6.45, 7) is 2.66. The van der Waals surface area contributed by atoms with Crippen LogP contribution >= 0.6 is 0 Å². The molecule has 1 aliphatic heterocycles. The van der Waals surface area contributed by atoms with E-state index in [0.717, 1.165) is 29.9 Å². The Morgan fingerprint density at radius 1 is 1.00 bits per heavy atom. The lowest BCUT2D eigenvalue weighted by Gasteiger charge is -2.31. The summed E-state index contributed by atoms with van der Waals surface area (Å²) in [5.41, 5.74) is 21.8. The molecule has 1 aromatic carbocycles. The molecule has 0 radical (unpaired) electrons. The van der Waals surface area contributed by atoms with Crippen molar-refractivity contribution in [1.82, 2.24) is 15.8 Å². The number of hydrogen-bond acceptors (Lipinski definition) is 6. The van der Waals surface area contributed by atoms with Crippen LogP contribution in [0.3, 0.4) is 0 Å². The second kappa shape index (κ2) is 6.76. The monoisotopic (exact) mass is 368 g/mol. The van der Waals surface area contributed by atoms with Crippen molar-refractivity contribution in [2.45, 2.75) is 63.2 Å². The van der Waals surface area contributed by atoms with E-state index in [4.69, 9.17) is 11.5 Å². The summed E-state index contributed by atoms with van der Waals surface area (Å²) >= 11 is 0. The maximum atomic E-state index is 6.39. The van der Waals surface area contributed by atoms with Gasteiger partial charge in [-0.3, -0.25) is 16.1 Å². The van der Waals surface area contributed by atoms with Crippen molar-refractivity contribution >= 4 is 5.96 Å². The van der Waals surface area contributed by atoms with Crippen molar-refractivity contribution in [3.8, 4) is 0 Å². The van der Waals surface area contributed by atoms with Crippen LogP contribution in [0, 0.1) is 11.8 Å². The lowest BCUT2D eigenvalue weighted by molar-refractivity contribution is 0.165. The van der Waals surface area contributed by atoms with Crippen molar-refractivity contribution in [1.29, 1.82) is 0 Å². The van der Waals surface area contributed by atoms with Crippen LogP contribution < -0.4 is 22.3 Å². The molecule has 2 saturated carbocycles. The third-order valence-corrected chi connectivity index (χ3v) is 6.71. The van der Waals surface area contributed by atoms with Gasteiger partial charge in [-0.1, -0.05) is 18.2 Å². The van der Waals surface area contributed by atoms with Crippen molar-refractivity contribution in [3.05, 3.63) is 34.9 Å². The number of nitrogens with two attached hydrogens (primary N) is 2. The van der Waals surface area contributed by atoms with E-state index in [1.807, 2.05) is 0 Å². The fourth-order valence-corrected chi connectivity index (χ4v) is 4.67. The maximum absolute atomic E-state index is 6.39. The standard InChI is InChI=1S/C21H32N6/c22-20-24-21(23,26-25-20)18-8-5-16-6-9-19(10-7-17(16)11-18)27(12-14-1-2-14)13-15-3-4-15/h5,8,11,14-15,19,26H,1-4,6-7,9-10,12-13,23H2,(H3,22,24,25)/t19-,21?/m0/s1. The molecular weight excluding hydrogens is 336 g/mol. The molecule has 0 bridgehead atoms. The first kappa shape index (κ1) is 17.5. The molecule has 0 aromatic heterocycles. The Labute approximate surface area is 161 Å². The summed E-state index contributed by atoms with van der Waals surface area (Å²) in [6.07, 6.45) is 10.6. The Bertz CT molecular complexity index is 724. The number of hydrogen-bond donors (Lipinski definition) is 4. The second-order valence-corrected chi connectivity index (χ2v) is 9.07. The lowest BCUT2D eigenvalue weighted by Crippen LogP contribution is -2.50. The van der Waals surface area contributed by atoms with E-state index in [1.165, 1.54) is 69.2 Å². The van der Waals surface area contributed by atoms with Gasteiger partial charge in [-0.25, -0.2) is 4.99 Å². The van der Waals surface area contributed by atoms with Gasteiger partial charge < -0.3 is 5.73 Å².